The van der Waals surface area contributed by atoms with Crippen molar-refractivity contribution in [3.8, 4) is 5.75 Å². The van der Waals surface area contributed by atoms with Gasteiger partial charge in [0.15, 0.2) is 0 Å². The van der Waals surface area contributed by atoms with Gasteiger partial charge in [-0.1, -0.05) is 71.9 Å². The van der Waals surface area contributed by atoms with Crippen LogP contribution in [0.5, 0.6) is 5.75 Å². The molecule has 0 radical (unpaired) electrons. The van der Waals surface area contributed by atoms with E-state index in [0.29, 0.717) is 23.3 Å². The van der Waals surface area contributed by atoms with Crippen molar-refractivity contribution in [2.24, 2.45) is 0 Å². The van der Waals surface area contributed by atoms with E-state index in [4.69, 9.17) is 14.8 Å². The lowest BCUT2D eigenvalue weighted by Crippen LogP contribution is -2.31. The Morgan fingerprint density at radius 3 is 2.58 bits per heavy atom. The fourth-order valence-corrected chi connectivity index (χ4v) is 5.33. The van der Waals surface area contributed by atoms with E-state index in [1.807, 2.05) is 74.0 Å². The molecule has 1 aliphatic heterocycles. The molecule has 1 unspecified atom stereocenters. The molecule has 0 fully saturated rings. The highest BCUT2D eigenvalue weighted by Gasteiger charge is 2.34. The van der Waals surface area contributed by atoms with Gasteiger partial charge in [0.2, 0.25) is 11.1 Å². The molecule has 8 heteroatoms. The molecule has 0 bridgehead atoms. The molecule has 1 atom stereocenters. The van der Waals surface area contributed by atoms with Crippen LogP contribution in [0.4, 0.5) is 11.6 Å². The first-order chi connectivity index (χ1) is 18.4. The van der Waals surface area contributed by atoms with Crippen molar-refractivity contribution in [3.63, 3.8) is 0 Å². The van der Waals surface area contributed by atoms with Gasteiger partial charge in [-0.25, -0.2) is 4.68 Å². The normalized spacial score (nSPS) is 14.6. The van der Waals surface area contributed by atoms with E-state index in [1.165, 1.54) is 11.1 Å². The van der Waals surface area contributed by atoms with Gasteiger partial charge in [-0.05, 0) is 62.6 Å². The average molecular weight is 526 g/mol. The van der Waals surface area contributed by atoms with E-state index in [0.717, 1.165) is 34.0 Å². The van der Waals surface area contributed by atoms with Gasteiger partial charge in [-0.3, -0.25) is 4.79 Å². The van der Waals surface area contributed by atoms with Crippen molar-refractivity contribution in [1.82, 2.24) is 14.8 Å². The van der Waals surface area contributed by atoms with E-state index < -0.39 is 6.04 Å². The van der Waals surface area contributed by atoms with Crippen LogP contribution in [-0.2, 0) is 10.5 Å². The lowest BCUT2D eigenvalue weighted by Gasteiger charge is -2.29. The van der Waals surface area contributed by atoms with Crippen molar-refractivity contribution < 1.29 is 9.53 Å². The molecule has 5 rings (SSSR count). The second kappa shape index (κ2) is 11.1. The number of hydrogen-bond donors (Lipinski definition) is 2. The molecule has 0 aliphatic carbocycles. The summed E-state index contributed by atoms with van der Waals surface area (Å²) in [6, 6.07) is 23.6. The lowest BCUT2D eigenvalue weighted by atomic mass is 9.95. The Bertz CT molecular complexity index is 1490. The van der Waals surface area contributed by atoms with E-state index in [9.17, 15) is 4.79 Å². The summed E-state index contributed by atoms with van der Waals surface area (Å²) in [7, 11) is 0. The number of ether oxygens (including phenoxy) is 1. The number of para-hydroxylation sites is 1. The Morgan fingerprint density at radius 2 is 1.84 bits per heavy atom. The zero-order valence-corrected chi connectivity index (χ0v) is 22.8. The minimum absolute atomic E-state index is 0.182. The standard InChI is InChI=1S/C30H31N5O2S/c1-5-37-24-15-13-23(14-16-24)27-26(28(36)32-25-12-7-6-10-20(25)3)21(4)31-29-33-30(34-35(27)29)38-18-22-11-8-9-19(2)17-22/h6-17,27H,5,18H2,1-4H3,(H,32,36)(H,31,33,34). The summed E-state index contributed by atoms with van der Waals surface area (Å²) >= 11 is 1.58. The van der Waals surface area contributed by atoms with Gasteiger partial charge < -0.3 is 15.4 Å². The maximum Gasteiger partial charge on any atom is 0.255 e. The second-order valence-corrected chi connectivity index (χ2v) is 10.2. The van der Waals surface area contributed by atoms with Crippen molar-refractivity contribution in [2.45, 2.75) is 44.6 Å². The van der Waals surface area contributed by atoms with Crippen molar-refractivity contribution >= 4 is 29.3 Å². The molecule has 1 amide bonds. The molecule has 0 saturated heterocycles. The number of nitrogens with zero attached hydrogens (tertiary/aromatic N) is 3. The first-order valence-electron chi connectivity index (χ1n) is 12.7. The minimum Gasteiger partial charge on any atom is -0.494 e. The van der Waals surface area contributed by atoms with Crippen molar-refractivity contribution in [3.05, 3.63) is 106 Å². The van der Waals surface area contributed by atoms with E-state index in [2.05, 4.69) is 41.8 Å². The summed E-state index contributed by atoms with van der Waals surface area (Å²) < 4.78 is 7.46. The highest BCUT2D eigenvalue weighted by Crippen LogP contribution is 2.37. The van der Waals surface area contributed by atoms with Crippen LogP contribution >= 0.6 is 11.8 Å². The van der Waals surface area contributed by atoms with Gasteiger partial charge in [0.1, 0.15) is 11.8 Å². The maximum absolute atomic E-state index is 13.7. The van der Waals surface area contributed by atoms with Crippen LogP contribution in [0, 0.1) is 13.8 Å². The molecule has 1 aromatic heterocycles. The zero-order chi connectivity index (χ0) is 26.6. The van der Waals surface area contributed by atoms with Crippen molar-refractivity contribution in [1.29, 1.82) is 0 Å². The van der Waals surface area contributed by atoms with Crippen LogP contribution in [0.2, 0.25) is 0 Å². The second-order valence-electron chi connectivity index (χ2n) is 9.28. The smallest absolute Gasteiger partial charge is 0.255 e. The van der Waals surface area contributed by atoms with Crippen LogP contribution < -0.4 is 15.4 Å². The largest absolute Gasteiger partial charge is 0.494 e. The molecule has 7 nitrogen and oxygen atoms in total. The Kier molecular flexibility index (Phi) is 7.51. The first-order valence-corrected chi connectivity index (χ1v) is 13.6. The molecule has 0 spiro atoms. The monoisotopic (exact) mass is 525 g/mol. The number of nitrogens with one attached hydrogen (secondary N) is 2. The van der Waals surface area contributed by atoms with Gasteiger partial charge in [0.05, 0.1) is 12.2 Å². The maximum atomic E-state index is 13.7. The van der Waals surface area contributed by atoms with Crippen LogP contribution in [-0.4, -0.2) is 27.3 Å². The Morgan fingerprint density at radius 1 is 1.05 bits per heavy atom. The minimum atomic E-state index is -0.452. The summed E-state index contributed by atoms with van der Waals surface area (Å²) in [6.07, 6.45) is 0. The summed E-state index contributed by atoms with van der Waals surface area (Å²) in [4.78, 5) is 18.5. The number of aryl methyl sites for hydroxylation is 2. The Hall–Kier alpha value is -4.04. The zero-order valence-electron chi connectivity index (χ0n) is 22.0. The molecule has 1 aliphatic rings. The summed E-state index contributed by atoms with van der Waals surface area (Å²) in [5.41, 5.74) is 6.47. The van der Waals surface area contributed by atoms with Crippen LogP contribution in [0.25, 0.3) is 0 Å². The molecule has 3 aromatic carbocycles. The number of rotatable bonds is 8. The molecule has 38 heavy (non-hydrogen) atoms. The topological polar surface area (TPSA) is 81.1 Å². The molecule has 0 saturated carbocycles. The number of hydrogen-bond acceptors (Lipinski definition) is 6. The van der Waals surface area contributed by atoms with Gasteiger partial charge >= 0.3 is 0 Å². The number of fused-ring (bicyclic) bond motifs is 1. The molecular weight excluding hydrogens is 494 g/mol. The molecule has 2 heterocycles. The highest BCUT2D eigenvalue weighted by molar-refractivity contribution is 7.98. The quantitative estimate of drug-likeness (QED) is 0.255. The number of carbonyl (C=O) groups excluding carboxylic acids is 1. The first kappa shape index (κ1) is 25.6. The number of allylic oxidation sites excluding steroid dienone is 1. The fraction of sp³-hybridized carbons (Fsp3) is 0.233. The van der Waals surface area contributed by atoms with Crippen LogP contribution in [0.3, 0.4) is 0 Å². The van der Waals surface area contributed by atoms with Gasteiger partial charge in [0.25, 0.3) is 5.91 Å². The number of carbonyl (C=O) groups is 1. The Balaban J connectivity index is 1.49. The summed E-state index contributed by atoms with van der Waals surface area (Å²) in [5, 5.41) is 11.9. The van der Waals surface area contributed by atoms with Crippen molar-refractivity contribution in [2.75, 3.05) is 17.2 Å². The number of anilines is 2. The molecule has 2 N–H and O–H groups in total. The lowest BCUT2D eigenvalue weighted by molar-refractivity contribution is -0.113. The van der Waals surface area contributed by atoms with Gasteiger partial charge in [-0.15, -0.1) is 5.10 Å². The molecular formula is C30H31N5O2S. The number of benzene rings is 3. The Labute approximate surface area is 227 Å². The number of aromatic nitrogens is 3. The third-order valence-corrected chi connectivity index (χ3v) is 7.34. The van der Waals surface area contributed by atoms with Crippen LogP contribution in [0.15, 0.2) is 89.2 Å². The summed E-state index contributed by atoms with van der Waals surface area (Å²) in [6.45, 7) is 8.52. The average Bonchev–Trinajstić information content (AvgIpc) is 3.31. The van der Waals surface area contributed by atoms with Crippen LogP contribution in [0.1, 0.15) is 42.1 Å². The predicted molar refractivity (Wildman–Crippen MR) is 153 cm³/mol. The molecule has 194 valence electrons. The fourth-order valence-electron chi connectivity index (χ4n) is 4.56. The number of thioether (sulfide) groups is 1. The summed E-state index contributed by atoms with van der Waals surface area (Å²) in [5.74, 6) is 1.97. The third-order valence-electron chi connectivity index (χ3n) is 6.43. The van der Waals surface area contributed by atoms with E-state index in [1.54, 1.807) is 11.8 Å². The van der Waals surface area contributed by atoms with Gasteiger partial charge in [-0.2, -0.15) is 4.98 Å². The highest BCUT2D eigenvalue weighted by atomic mass is 32.2. The van der Waals surface area contributed by atoms with E-state index in [-0.39, 0.29) is 5.91 Å². The van der Waals surface area contributed by atoms with E-state index >= 15 is 0 Å². The van der Waals surface area contributed by atoms with Gasteiger partial charge in [0, 0.05) is 17.1 Å². The predicted octanol–water partition coefficient (Wildman–Crippen LogP) is 6.51. The molecule has 4 aromatic rings. The number of amides is 1. The third kappa shape index (κ3) is 5.45. The SMILES string of the molecule is CCOc1ccc(C2C(C(=O)Nc3ccccc3C)=C(C)Nc3nc(SCc4cccc(C)c4)nn32)cc1.